The zero-order valence-corrected chi connectivity index (χ0v) is 16.4. The molecule has 0 radical (unpaired) electrons. The molecular formula is C17H33O3Ti-. The van der Waals surface area contributed by atoms with Crippen LogP contribution < -0.4 is 0 Å². The van der Waals surface area contributed by atoms with E-state index in [-0.39, 0.29) is 40.0 Å². The molecule has 1 rings (SSSR count). The SMILES string of the molecule is CC(C)O.CC(C)O.CC(C)O.Cc1c[c-]cc(C)c1.[Ti]. The summed E-state index contributed by atoms with van der Waals surface area (Å²) in [5, 5.41) is 24.2. The van der Waals surface area contributed by atoms with Gasteiger partial charge in [0.25, 0.3) is 0 Å². The van der Waals surface area contributed by atoms with Crippen LogP contribution in [0.5, 0.6) is 0 Å². The summed E-state index contributed by atoms with van der Waals surface area (Å²) in [4.78, 5) is 0. The Morgan fingerprint density at radius 3 is 1.00 bits per heavy atom. The van der Waals surface area contributed by atoms with Crippen molar-refractivity contribution < 1.29 is 37.0 Å². The number of hydrogen-bond donors (Lipinski definition) is 3. The number of rotatable bonds is 0. The van der Waals surface area contributed by atoms with Gasteiger partial charge in [-0.1, -0.05) is 13.8 Å². The van der Waals surface area contributed by atoms with Gasteiger partial charge in [0.05, 0.1) is 0 Å². The van der Waals surface area contributed by atoms with Gasteiger partial charge in [0.1, 0.15) is 0 Å². The first kappa shape index (κ1) is 28.9. The Morgan fingerprint density at radius 1 is 0.714 bits per heavy atom. The molecule has 0 fully saturated rings. The van der Waals surface area contributed by atoms with Crippen LogP contribution in [0.3, 0.4) is 0 Å². The molecule has 3 nitrogen and oxygen atoms in total. The molecule has 0 saturated carbocycles. The molecule has 0 atom stereocenters. The van der Waals surface area contributed by atoms with Gasteiger partial charge in [0, 0.05) is 40.0 Å². The molecule has 1 aromatic carbocycles. The van der Waals surface area contributed by atoms with E-state index in [1.165, 1.54) is 11.1 Å². The third-order valence-corrected chi connectivity index (χ3v) is 1.08. The molecule has 0 unspecified atom stereocenters. The summed E-state index contributed by atoms with van der Waals surface area (Å²) in [7, 11) is 0. The molecule has 124 valence electrons. The van der Waals surface area contributed by atoms with Crippen LogP contribution in [0.25, 0.3) is 0 Å². The molecule has 0 aliphatic heterocycles. The van der Waals surface area contributed by atoms with E-state index in [1.807, 2.05) is 12.1 Å². The number of hydrogen-bond acceptors (Lipinski definition) is 3. The molecule has 4 heteroatoms. The van der Waals surface area contributed by atoms with E-state index in [0.29, 0.717) is 0 Å². The van der Waals surface area contributed by atoms with Gasteiger partial charge in [-0.25, -0.2) is 0 Å². The molecule has 0 amide bonds. The van der Waals surface area contributed by atoms with Gasteiger partial charge in [0.15, 0.2) is 0 Å². The van der Waals surface area contributed by atoms with Crippen LogP contribution in [-0.2, 0) is 21.7 Å². The first-order valence-electron chi connectivity index (χ1n) is 6.97. The third kappa shape index (κ3) is 65.3. The Labute approximate surface area is 146 Å². The average Bonchev–Trinajstić information content (AvgIpc) is 2.13. The Kier molecular flexibility index (Phi) is 27.3. The van der Waals surface area contributed by atoms with E-state index in [1.54, 1.807) is 41.5 Å². The second kappa shape index (κ2) is 19.8. The fourth-order valence-corrected chi connectivity index (χ4v) is 0.747. The first-order valence-corrected chi connectivity index (χ1v) is 6.97. The first-order chi connectivity index (χ1) is 8.98. The van der Waals surface area contributed by atoms with E-state index in [2.05, 4.69) is 26.0 Å². The molecule has 0 saturated heterocycles. The summed E-state index contributed by atoms with van der Waals surface area (Å²) in [6.45, 7) is 14.5. The number of aliphatic hydroxyl groups excluding tert-OH is 3. The molecule has 0 spiro atoms. The molecule has 0 heterocycles. The monoisotopic (exact) mass is 333 g/mol. The van der Waals surface area contributed by atoms with Gasteiger partial charge in [0.2, 0.25) is 0 Å². The van der Waals surface area contributed by atoms with Gasteiger partial charge in [-0.15, -0.1) is 0 Å². The molecule has 1 aromatic rings. The summed E-state index contributed by atoms with van der Waals surface area (Å²) in [5.74, 6) is 0. The summed E-state index contributed by atoms with van der Waals surface area (Å²) < 4.78 is 0. The van der Waals surface area contributed by atoms with E-state index in [0.717, 1.165) is 0 Å². The zero-order chi connectivity index (χ0) is 16.7. The molecule has 21 heavy (non-hydrogen) atoms. The smallest absolute Gasteiger partial charge is 0.0483 e. The summed E-state index contributed by atoms with van der Waals surface area (Å²) in [6, 6.07) is 9.12. The van der Waals surface area contributed by atoms with Crippen LogP contribution in [0, 0.1) is 19.9 Å². The van der Waals surface area contributed by atoms with Crippen molar-refractivity contribution in [3.8, 4) is 0 Å². The standard InChI is InChI=1S/C8H9.3C3H8O.Ti/c1-7-4-3-5-8(2)6-7;3*1-3(2)4;/h4-6H,1-2H3;3*3-4H,1-2H3;/q-1;;;;. The van der Waals surface area contributed by atoms with Crippen molar-refractivity contribution in [1.82, 2.24) is 0 Å². The van der Waals surface area contributed by atoms with Gasteiger partial charge in [-0.05, 0) is 41.5 Å². The second-order valence-electron chi connectivity index (χ2n) is 5.37. The van der Waals surface area contributed by atoms with Gasteiger partial charge in [-0.2, -0.15) is 35.4 Å². The van der Waals surface area contributed by atoms with Gasteiger partial charge in [-0.3, -0.25) is 0 Å². The minimum Gasteiger partial charge on any atom is -0.394 e. The maximum absolute atomic E-state index is 8.06. The van der Waals surface area contributed by atoms with Crippen LogP contribution in [-0.4, -0.2) is 33.6 Å². The predicted octanol–water partition coefficient (Wildman–Crippen LogP) is 3.26. The Morgan fingerprint density at radius 2 is 0.905 bits per heavy atom. The quantitative estimate of drug-likeness (QED) is 0.504. The van der Waals surface area contributed by atoms with Gasteiger partial charge < -0.3 is 15.3 Å². The van der Waals surface area contributed by atoms with E-state index in [9.17, 15) is 0 Å². The average molecular weight is 333 g/mol. The maximum Gasteiger partial charge on any atom is 0.0483 e. The third-order valence-electron chi connectivity index (χ3n) is 1.08. The Hall–Kier alpha value is -0.186. The molecule has 0 aliphatic carbocycles. The summed E-state index contributed by atoms with van der Waals surface area (Å²) in [5.41, 5.74) is 2.56. The van der Waals surface area contributed by atoms with Gasteiger partial charge >= 0.3 is 0 Å². The van der Waals surface area contributed by atoms with Crippen molar-refractivity contribution in [1.29, 1.82) is 0 Å². The molecule has 3 N–H and O–H groups in total. The predicted molar refractivity (Wildman–Crippen MR) is 86.8 cm³/mol. The minimum absolute atomic E-state index is 0. The summed E-state index contributed by atoms with van der Waals surface area (Å²) in [6.07, 6.45) is -0.500. The topological polar surface area (TPSA) is 60.7 Å². The molecular weight excluding hydrogens is 300 g/mol. The second-order valence-corrected chi connectivity index (χ2v) is 5.37. The fourth-order valence-electron chi connectivity index (χ4n) is 0.747. The largest absolute Gasteiger partial charge is 0.394 e. The van der Waals surface area contributed by atoms with Crippen molar-refractivity contribution in [2.24, 2.45) is 0 Å². The fraction of sp³-hybridized carbons (Fsp3) is 0.647. The molecule has 0 bridgehead atoms. The van der Waals surface area contributed by atoms with Crippen molar-refractivity contribution in [3.05, 3.63) is 35.4 Å². The molecule has 0 aliphatic rings. The number of benzene rings is 1. The number of aryl methyl sites for hydroxylation is 2. The minimum atomic E-state index is -0.167. The Balaban J connectivity index is -0.0000000973. The van der Waals surface area contributed by atoms with Crippen LogP contribution in [0.15, 0.2) is 18.2 Å². The van der Waals surface area contributed by atoms with Crippen LogP contribution in [0.4, 0.5) is 0 Å². The van der Waals surface area contributed by atoms with E-state index >= 15 is 0 Å². The van der Waals surface area contributed by atoms with E-state index in [4.69, 9.17) is 15.3 Å². The molecule has 0 aromatic heterocycles. The van der Waals surface area contributed by atoms with Crippen molar-refractivity contribution in [2.45, 2.75) is 73.7 Å². The zero-order valence-electron chi connectivity index (χ0n) is 14.8. The van der Waals surface area contributed by atoms with Crippen LogP contribution in [0.2, 0.25) is 0 Å². The van der Waals surface area contributed by atoms with Crippen molar-refractivity contribution >= 4 is 0 Å². The number of aliphatic hydroxyl groups is 3. The van der Waals surface area contributed by atoms with E-state index < -0.39 is 0 Å². The van der Waals surface area contributed by atoms with Crippen LogP contribution >= 0.6 is 0 Å². The maximum atomic E-state index is 8.06. The van der Waals surface area contributed by atoms with Crippen LogP contribution in [0.1, 0.15) is 52.7 Å². The van der Waals surface area contributed by atoms with Crippen molar-refractivity contribution in [2.75, 3.05) is 0 Å². The van der Waals surface area contributed by atoms with Crippen molar-refractivity contribution in [3.63, 3.8) is 0 Å². The Bertz CT molecular complexity index is 260. The normalized spacial score (nSPS) is 8.67. The summed E-state index contributed by atoms with van der Waals surface area (Å²) >= 11 is 0.